The second-order valence-electron chi connectivity index (χ2n) is 10.5. The SMILES string of the molecule is CC1=CC(=O)C2=C(C)CC[C@@H]([C@@H](C)C(=O)N(C=NC3CCCCC3)C3CCCCC3)C=C12. The lowest BCUT2D eigenvalue weighted by molar-refractivity contribution is -0.134. The third-order valence-electron chi connectivity index (χ3n) is 8.18. The molecule has 4 rings (SSSR count). The summed E-state index contributed by atoms with van der Waals surface area (Å²) in [5.41, 5.74) is 4.15. The van der Waals surface area contributed by atoms with Gasteiger partial charge in [0.05, 0.1) is 12.4 Å². The number of ketones is 1. The molecule has 0 aromatic heterocycles. The first-order valence-electron chi connectivity index (χ1n) is 13.0. The Morgan fingerprint density at radius 3 is 2.38 bits per heavy atom. The van der Waals surface area contributed by atoms with Crippen LogP contribution in [0, 0.1) is 11.8 Å². The fraction of sp³-hybridized carbons (Fsp3) is 0.679. The largest absolute Gasteiger partial charge is 0.300 e. The molecular weight excluding hydrogens is 396 g/mol. The summed E-state index contributed by atoms with van der Waals surface area (Å²) >= 11 is 0. The Morgan fingerprint density at radius 1 is 1.03 bits per heavy atom. The van der Waals surface area contributed by atoms with Crippen LogP contribution in [0.4, 0.5) is 0 Å². The van der Waals surface area contributed by atoms with Crippen LogP contribution in [-0.4, -0.2) is 35.0 Å². The maximum atomic E-state index is 13.9. The lowest BCUT2D eigenvalue weighted by atomic mass is 9.86. The summed E-state index contributed by atoms with van der Waals surface area (Å²) in [6.45, 7) is 6.18. The zero-order valence-corrected chi connectivity index (χ0v) is 20.2. The van der Waals surface area contributed by atoms with Gasteiger partial charge in [-0.25, -0.2) is 0 Å². The number of fused-ring (bicyclic) bond motifs is 1. The number of hydrogen-bond acceptors (Lipinski definition) is 3. The molecule has 0 aliphatic heterocycles. The van der Waals surface area contributed by atoms with Crippen LogP contribution in [0.25, 0.3) is 0 Å². The van der Waals surface area contributed by atoms with Gasteiger partial charge in [-0.1, -0.05) is 57.1 Å². The Balaban J connectivity index is 1.54. The lowest BCUT2D eigenvalue weighted by Gasteiger charge is -2.35. The molecular formula is C28H40N2O2. The topological polar surface area (TPSA) is 49.7 Å². The molecule has 0 spiro atoms. The zero-order chi connectivity index (χ0) is 22.7. The summed E-state index contributed by atoms with van der Waals surface area (Å²) in [4.78, 5) is 33.3. The number of rotatable bonds is 5. The molecule has 0 bridgehead atoms. The number of carbonyl (C=O) groups is 2. The van der Waals surface area contributed by atoms with Crippen LogP contribution in [0.1, 0.15) is 97.8 Å². The van der Waals surface area contributed by atoms with Gasteiger partial charge in [0.25, 0.3) is 0 Å². The van der Waals surface area contributed by atoms with E-state index in [2.05, 4.69) is 19.9 Å². The third-order valence-corrected chi connectivity index (χ3v) is 8.18. The fourth-order valence-corrected chi connectivity index (χ4v) is 6.04. The predicted octanol–water partition coefficient (Wildman–Crippen LogP) is 6.33. The minimum atomic E-state index is -0.113. The van der Waals surface area contributed by atoms with E-state index in [1.807, 2.05) is 18.2 Å². The average Bonchev–Trinajstić information content (AvgIpc) is 2.97. The van der Waals surface area contributed by atoms with Crippen molar-refractivity contribution in [2.45, 2.75) is 110 Å². The summed E-state index contributed by atoms with van der Waals surface area (Å²) in [5.74, 6) is 0.381. The Kier molecular flexibility index (Phi) is 7.48. The molecule has 4 heteroatoms. The molecule has 1 amide bonds. The van der Waals surface area contributed by atoms with Gasteiger partial charge < -0.3 is 0 Å². The molecule has 0 unspecified atom stereocenters. The summed E-state index contributed by atoms with van der Waals surface area (Å²) in [6.07, 6.45) is 19.7. The van der Waals surface area contributed by atoms with Crippen molar-refractivity contribution in [2.24, 2.45) is 16.8 Å². The quantitative estimate of drug-likeness (QED) is 0.374. The average molecular weight is 437 g/mol. The van der Waals surface area contributed by atoms with E-state index in [0.29, 0.717) is 6.04 Å². The van der Waals surface area contributed by atoms with Crippen molar-refractivity contribution in [1.29, 1.82) is 0 Å². The number of allylic oxidation sites excluding steroid dienone is 6. The molecule has 0 aromatic rings. The van der Waals surface area contributed by atoms with Crippen molar-refractivity contribution < 1.29 is 9.59 Å². The molecule has 0 N–H and O–H groups in total. The third kappa shape index (κ3) is 5.00. The minimum Gasteiger partial charge on any atom is -0.300 e. The predicted molar refractivity (Wildman–Crippen MR) is 131 cm³/mol. The molecule has 4 aliphatic carbocycles. The molecule has 0 radical (unpaired) electrons. The van der Waals surface area contributed by atoms with Crippen LogP contribution >= 0.6 is 0 Å². The highest BCUT2D eigenvalue weighted by Gasteiger charge is 2.34. The van der Waals surface area contributed by atoms with E-state index in [1.54, 1.807) is 6.08 Å². The maximum absolute atomic E-state index is 13.9. The number of carbonyl (C=O) groups excluding carboxylic acids is 2. The first-order chi connectivity index (χ1) is 15.5. The van der Waals surface area contributed by atoms with E-state index in [-0.39, 0.29) is 29.6 Å². The van der Waals surface area contributed by atoms with Gasteiger partial charge >= 0.3 is 0 Å². The number of nitrogens with zero attached hydrogens (tertiary/aromatic N) is 2. The maximum Gasteiger partial charge on any atom is 0.231 e. The zero-order valence-electron chi connectivity index (χ0n) is 20.2. The van der Waals surface area contributed by atoms with E-state index < -0.39 is 0 Å². The highest BCUT2D eigenvalue weighted by Crippen LogP contribution is 2.39. The van der Waals surface area contributed by atoms with E-state index in [9.17, 15) is 9.59 Å². The van der Waals surface area contributed by atoms with Gasteiger partial charge in [0.2, 0.25) is 5.91 Å². The van der Waals surface area contributed by atoms with Gasteiger partial charge in [0.15, 0.2) is 5.78 Å². The molecule has 0 saturated heterocycles. The van der Waals surface area contributed by atoms with Crippen LogP contribution in [0.5, 0.6) is 0 Å². The first kappa shape index (κ1) is 23.2. The number of aliphatic imine (C=N–C) groups is 1. The second-order valence-corrected chi connectivity index (χ2v) is 10.5. The molecule has 0 heterocycles. The summed E-state index contributed by atoms with van der Waals surface area (Å²) in [5, 5.41) is 0. The van der Waals surface area contributed by atoms with Gasteiger partial charge in [-0.2, -0.15) is 0 Å². The van der Waals surface area contributed by atoms with Crippen molar-refractivity contribution in [3.05, 3.63) is 34.4 Å². The minimum absolute atomic E-state index is 0.113. The van der Waals surface area contributed by atoms with E-state index in [4.69, 9.17) is 4.99 Å². The van der Waals surface area contributed by atoms with Crippen LogP contribution in [0.2, 0.25) is 0 Å². The van der Waals surface area contributed by atoms with E-state index in [1.165, 1.54) is 44.1 Å². The Bertz CT molecular complexity index is 851. The lowest BCUT2D eigenvalue weighted by Crippen LogP contribution is -2.44. The van der Waals surface area contributed by atoms with Gasteiger partial charge in [-0.05, 0) is 75.5 Å². The summed E-state index contributed by atoms with van der Waals surface area (Å²) < 4.78 is 0. The molecule has 32 heavy (non-hydrogen) atoms. The van der Waals surface area contributed by atoms with Crippen molar-refractivity contribution in [3.8, 4) is 0 Å². The van der Waals surface area contributed by atoms with Crippen LogP contribution in [0.3, 0.4) is 0 Å². The number of amides is 1. The molecule has 174 valence electrons. The van der Waals surface area contributed by atoms with Crippen molar-refractivity contribution in [2.75, 3.05) is 0 Å². The van der Waals surface area contributed by atoms with Crippen molar-refractivity contribution in [1.82, 2.24) is 4.90 Å². The number of hydrogen-bond donors (Lipinski definition) is 0. The summed E-state index contributed by atoms with van der Waals surface area (Å²) in [6, 6.07) is 0.666. The smallest absolute Gasteiger partial charge is 0.231 e. The molecule has 4 aliphatic rings. The standard InChI is InChI=1S/C28H40N2O2/c1-19-14-15-22(17-25-20(2)16-26(31)27(19)25)21(3)28(32)30(24-12-8-5-9-13-24)18-29-23-10-6-4-7-11-23/h16-18,21-24H,4-15H2,1-3H3/t21-,22-/m1/s1. The van der Waals surface area contributed by atoms with Crippen LogP contribution in [-0.2, 0) is 9.59 Å². The molecule has 4 nitrogen and oxygen atoms in total. The van der Waals surface area contributed by atoms with Crippen LogP contribution in [0.15, 0.2) is 39.4 Å². The van der Waals surface area contributed by atoms with Gasteiger partial charge in [-0.3, -0.25) is 19.5 Å². The van der Waals surface area contributed by atoms with Crippen molar-refractivity contribution >= 4 is 18.0 Å². The van der Waals surface area contributed by atoms with Crippen molar-refractivity contribution in [3.63, 3.8) is 0 Å². The Hall–Kier alpha value is -1.97. The Morgan fingerprint density at radius 2 is 1.69 bits per heavy atom. The molecule has 2 fully saturated rings. The highest BCUT2D eigenvalue weighted by atomic mass is 16.2. The Labute approximate surface area is 193 Å². The van der Waals surface area contributed by atoms with E-state index in [0.717, 1.165) is 55.2 Å². The highest BCUT2D eigenvalue weighted by molar-refractivity contribution is 6.13. The summed E-state index contributed by atoms with van der Waals surface area (Å²) in [7, 11) is 0. The van der Waals surface area contributed by atoms with Gasteiger partial charge in [-0.15, -0.1) is 0 Å². The van der Waals surface area contributed by atoms with E-state index >= 15 is 0 Å². The monoisotopic (exact) mass is 436 g/mol. The van der Waals surface area contributed by atoms with Crippen LogP contribution < -0.4 is 0 Å². The molecule has 2 saturated carbocycles. The first-order valence-corrected chi connectivity index (χ1v) is 13.0. The fourth-order valence-electron chi connectivity index (χ4n) is 6.04. The second kappa shape index (κ2) is 10.3. The molecule has 2 atom stereocenters. The normalized spacial score (nSPS) is 26.6. The van der Waals surface area contributed by atoms with Gasteiger partial charge in [0, 0.05) is 17.5 Å². The van der Waals surface area contributed by atoms with Gasteiger partial charge in [0.1, 0.15) is 0 Å². The molecule has 0 aromatic carbocycles.